The number of halogens is 3. The maximum absolute atomic E-state index is 13.1. The Labute approximate surface area is 108 Å². The molecule has 0 atom stereocenters. The highest BCUT2D eigenvalue weighted by atomic mass is 35.5. The largest absolute Gasteiger partial charge is 0.358 e. The second-order valence-corrected chi connectivity index (χ2v) is 5.54. The molecular formula is C13H13ClF2N2. The Morgan fingerprint density at radius 1 is 1.28 bits per heavy atom. The minimum atomic E-state index is -2.59. The summed E-state index contributed by atoms with van der Waals surface area (Å²) in [6.45, 7) is 0.225. The summed E-state index contributed by atoms with van der Waals surface area (Å²) < 4.78 is 26.3. The number of aromatic nitrogens is 1. The smallest absolute Gasteiger partial charge is 0.250 e. The average molecular weight is 271 g/mol. The van der Waals surface area contributed by atoms with E-state index in [1.807, 2.05) is 18.2 Å². The Morgan fingerprint density at radius 2 is 2.00 bits per heavy atom. The van der Waals surface area contributed by atoms with Crippen LogP contribution in [0, 0.1) is 0 Å². The molecule has 1 aliphatic carbocycles. The van der Waals surface area contributed by atoms with Crippen LogP contribution in [0.1, 0.15) is 18.5 Å². The van der Waals surface area contributed by atoms with E-state index in [4.69, 9.17) is 17.3 Å². The molecule has 3 N–H and O–H groups in total. The Bertz CT molecular complexity index is 598. The number of benzene rings is 1. The van der Waals surface area contributed by atoms with Crippen molar-refractivity contribution in [3.8, 4) is 0 Å². The zero-order valence-corrected chi connectivity index (χ0v) is 10.4. The number of hydrogen-bond acceptors (Lipinski definition) is 1. The molecule has 18 heavy (non-hydrogen) atoms. The summed E-state index contributed by atoms with van der Waals surface area (Å²) >= 11 is 5.91. The van der Waals surface area contributed by atoms with E-state index in [9.17, 15) is 8.78 Å². The van der Waals surface area contributed by atoms with Crippen LogP contribution in [-0.4, -0.2) is 17.5 Å². The lowest BCUT2D eigenvalue weighted by Gasteiger charge is -2.46. The fraction of sp³-hybridized carbons (Fsp3) is 0.385. The third kappa shape index (κ3) is 1.71. The quantitative estimate of drug-likeness (QED) is 0.862. The molecule has 0 unspecified atom stereocenters. The van der Waals surface area contributed by atoms with Crippen LogP contribution in [0.3, 0.4) is 0 Å². The predicted molar refractivity (Wildman–Crippen MR) is 68.2 cm³/mol. The molecule has 96 valence electrons. The summed E-state index contributed by atoms with van der Waals surface area (Å²) in [6.07, 6.45) is -0.367. The van der Waals surface area contributed by atoms with Gasteiger partial charge in [0, 0.05) is 46.4 Å². The lowest BCUT2D eigenvalue weighted by atomic mass is 9.64. The number of H-pyrrole nitrogens is 1. The molecule has 0 radical (unpaired) electrons. The van der Waals surface area contributed by atoms with E-state index < -0.39 is 11.3 Å². The molecular weight excluding hydrogens is 258 g/mol. The monoisotopic (exact) mass is 270 g/mol. The molecule has 1 aromatic heterocycles. The first kappa shape index (κ1) is 11.9. The Hall–Kier alpha value is -1.13. The van der Waals surface area contributed by atoms with E-state index >= 15 is 0 Å². The summed E-state index contributed by atoms with van der Waals surface area (Å²) in [5.74, 6) is -2.59. The summed E-state index contributed by atoms with van der Waals surface area (Å²) in [4.78, 5) is 3.18. The topological polar surface area (TPSA) is 41.8 Å². The van der Waals surface area contributed by atoms with Gasteiger partial charge in [-0.05, 0) is 24.3 Å². The highest BCUT2D eigenvalue weighted by molar-refractivity contribution is 6.31. The standard InChI is InChI=1S/C13H13ClF2N2/c14-9-1-2-10-8(3-9)4-11(18-10)12(7-17)5-13(15,16)6-12/h1-4,18H,5-7,17H2. The molecule has 2 nitrogen and oxygen atoms in total. The number of nitrogens with one attached hydrogen (secondary N) is 1. The van der Waals surface area contributed by atoms with Crippen molar-refractivity contribution in [1.29, 1.82) is 0 Å². The van der Waals surface area contributed by atoms with Crippen molar-refractivity contribution in [2.24, 2.45) is 5.73 Å². The molecule has 0 amide bonds. The van der Waals surface area contributed by atoms with Crippen LogP contribution < -0.4 is 5.73 Å². The number of fused-ring (bicyclic) bond motifs is 1. The third-order valence-corrected chi connectivity index (χ3v) is 3.97. The van der Waals surface area contributed by atoms with E-state index in [1.54, 1.807) is 6.07 Å². The molecule has 1 aromatic carbocycles. The van der Waals surface area contributed by atoms with Gasteiger partial charge in [0.2, 0.25) is 5.92 Å². The van der Waals surface area contributed by atoms with Crippen LogP contribution in [0.15, 0.2) is 24.3 Å². The maximum atomic E-state index is 13.1. The Kier molecular flexibility index (Phi) is 2.44. The van der Waals surface area contributed by atoms with Gasteiger partial charge in [0.25, 0.3) is 0 Å². The zero-order chi connectivity index (χ0) is 13.0. The van der Waals surface area contributed by atoms with E-state index in [1.165, 1.54) is 0 Å². The lowest BCUT2D eigenvalue weighted by Crippen LogP contribution is -2.53. The maximum Gasteiger partial charge on any atom is 0.250 e. The van der Waals surface area contributed by atoms with Gasteiger partial charge in [0.05, 0.1) is 0 Å². The fourth-order valence-corrected chi connectivity index (χ4v) is 2.95. The molecule has 5 heteroatoms. The number of rotatable bonds is 2. The second-order valence-electron chi connectivity index (χ2n) is 5.11. The molecule has 0 spiro atoms. The van der Waals surface area contributed by atoms with E-state index in [0.29, 0.717) is 5.02 Å². The van der Waals surface area contributed by atoms with Gasteiger partial charge in [-0.25, -0.2) is 8.78 Å². The summed E-state index contributed by atoms with van der Waals surface area (Å²) in [5, 5.41) is 1.56. The minimum Gasteiger partial charge on any atom is -0.358 e. The third-order valence-electron chi connectivity index (χ3n) is 3.74. The normalized spacial score (nSPS) is 20.9. The van der Waals surface area contributed by atoms with Crippen molar-refractivity contribution < 1.29 is 8.78 Å². The van der Waals surface area contributed by atoms with Crippen molar-refractivity contribution in [2.45, 2.75) is 24.2 Å². The number of nitrogens with two attached hydrogens (primary N) is 1. The predicted octanol–water partition coefficient (Wildman–Crippen LogP) is 3.45. The summed E-state index contributed by atoms with van der Waals surface area (Å²) in [7, 11) is 0. The molecule has 1 fully saturated rings. The van der Waals surface area contributed by atoms with Crippen molar-refractivity contribution >= 4 is 22.5 Å². The van der Waals surface area contributed by atoms with Gasteiger partial charge in [0.15, 0.2) is 0 Å². The molecule has 0 aliphatic heterocycles. The second kappa shape index (κ2) is 3.68. The van der Waals surface area contributed by atoms with E-state index in [2.05, 4.69) is 4.98 Å². The number of alkyl halides is 2. The molecule has 0 bridgehead atoms. The van der Waals surface area contributed by atoms with Gasteiger partial charge >= 0.3 is 0 Å². The van der Waals surface area contributed by atoms with Gasteiger partial charge in [0.1, 0.15) is 0 Å². The van der Waals surface area contributed by atoms with Gasteiger partial charge in [-0.1, -0.05) is 11.6 Å². The minimum absolute atomic E-state index is 0.183. The highest BCUT2D eigenvalue weighted by Gasteiger charge is 2.57. The van der Waals surface area contributed by atoms with E-state index in [0.717, 1.165) is 16.6 Å². The summed E-state index contributed by atoms with van der Waals surface area (Å²) in [6, 6.07) is 7.32. The fourth-order valence-electron chi connectivity index (χ4n) is 2.77. The van der Waals surface area contributed by atoms with Crippen molar-refractivity contribution in [1.82, 2.24) is 4.98 Å². The zero-order valence-electron chi connectivity index (χ0n) is 9.64. The van der Waals surface area contributed by atoms with Crippen LogP contribution >= 0.6 is 11.6 Å². The van der Waals surface area contributed by atoms with Gasteiger partial charge in [-0.2, -0.15) is 0 Å². The molecule has 0 saturated heterocycles. The number of hydrogen-bond donors (Lipinski definition) is 2. The van der Waals surface area contributed by atoms with Crippen LogP contribution in [-0.2, 0) is 5.41 Å². The first-order valence-corrected chi connectivity index (χ1v) is 6.19. The molecule has 1 aliphatic rings. The molecule has 3 rings (SSSR count). The SMILES string of the molecule is NCC1(c2cc3cc(Cl)ccc3[nH]2)CC(F)(F)C1. The van der Waals surface area contributed by atoms with E-state index in [-0.39, 0.29) is 19.4 Å². The average Bonchev–Trinajstić information content (AvgIpc) is 2.68. The van der Waals surface area contributed by atoms with Gasteiger partial charge in [-0.3, -0.25) is 0 Å². The Balaban J connectivity index is 2.04. The van der Waals surface area contributed by atoms with Crippen molar-refractivity contribution in [3.05, 3.63) is 35.0 Å². The Morgan fingerprint density at radius 3 is 2.61 bits per heavy atom. The van der Waals surface area contributed by atoms with Crippen LogP contribution in [0.25, 0.3) is 10.9 Å². The van der Waals surface area contributed by atoms with Crippen LogP contribution in [0.5, 0.6) is 0 Å². The highest BCUT2D eigenvalue weighted by Crippen LogP contribution is 2.52. The van der Waals surface area contributed by atoms with Crippen molar-refractivity contribution in [2.75, 3.05) is 6.54 Å². The van der Waals surface area contributed by atoms with Crippen LogP contribution in [0.4, 0.5) is 8.78 Å². The first-order chi connectivity index (χ1) is 8.44. The van der Waals surface area contributed by atoms with Gasteiger partial charge in [-0.15, -0.1) is 0 Å². The first-order valence-electron chi connectivity index (χ1n) is 5.81. The summed E-state index contributed by atoms with van der Waals surface area (Å²) in [5.41, 5.74) is 6.76. The molecule has 1 heterocycles. The lowest BCUT2D eigenvalue weighted by molar-refractivity contribution is -0.124. The van der Waals surface area contributed by atoms with Crippen LogP contribution in [0.2, 0.25) is 5.02 Å². The number of aromatic amines is 1. The van der Waals surface area contributed by atoms with Gasteiger partial charge < -0.3 is 10.7 Å². The molecule has 1 saturated carbocycles. The molecule has 2 aromatic rings. The van der Waals surface area contributed by atoms with Crippen molar-refractivity contribution in [3.63, 3.8) is 0 Å².